The summed E-state index contributed by atoms with van der Waals surface area (Å²) < 4.78 is 11.0. The summed E-state index contributed by atoms with van der Waals surface area (Å²) in [4.78, 5) is 21.2. The minimum atomic E-state index is -1.62. The minimum absolute atomic E-state index is 0.245. The summed E-state index contributed by atoms with van der Waals surface area (Å²) in [6, 6.07) is -0.589. The van der Waals surface area contributed by atoms with Gasteiger partial charge in [0.2, 0.25) is 0 Å². The third-order valence-corrected chi connectivity index (χ3v) is 2.98. The number of hydrogen-bond donors (Lipinski definition) is 4. The number of nitrogens with one attached hydrogen (secondary N) is 2. The van der Waals surface area contributed by atoms with Crippen molar-refractivity contribution in [1.29, 1.82) is 0 Å². The molecule has 0 heterocycles. The Bertz CT molecular complexity index is 271. The van der Waals surface area contributed by atoms with Crippen LogP contribution in [0.3, 0.4) is 0 Å². The Hall–Kier alpha value is -1.15. The van der Waals surface area contributed by atoms with E-state index in [0.29, 0.717) is 11.5 Å². The Balaban J connectivity index is 3.60. The summed E-state index contributed by atoms with van der Waals surface area (Å²) in [5.74, 6) is -0.515. The number of carbonyl (C=O) groups is 2. The van der Waals surface area contributed by atoms with E-state index in [4.69, 9.17) is 10.2 Å². The lowest BCUT2D eigenvalue weighted by Gasteiger charge is -2.08. The van der Waals surface area contributed by atoms with Crippen LogP contribution in [0.15, 0.2) is 0 Å². The van der Waals surface area contributed by atoms with Crippen LogP contribution < -0.4 is 10.6 Å². The minimum Gasteiger partial charge on any atom is -0.479 e. The number of carboxylic acids is 1. The van der Waals surface area contributed by atoms with Gasteiger partial charge in [-0.25, -0.2) is 9.59 Å². The SMILES string of the molecule is CCS(=O)CCNC(=O)NCC(O)C(=O)O. The number of aliphatic hydroxyl groups excluding tert-OH is 1. The number of aliphatic hydroxyl groups is 1. The van der Waals surface area contributed by atoms with Gasteiger partial charge in [0, 0.05) is 28.9 Å². The van der Waals surface area contributed by atoms with Crippen molar-refractivity contribution in [2.75, 3.05) is 24.6 Å². The average Bonchev–Trinajstić information content (AvgIpc) is 2.25. The summed E-state index contributed by atoms with van der Waals surface area (Å²) in [6.07, 6.45) is -1.62. The van der Waals surface area contributed by atoms with Crippen molar-refractivity contribution in [2.45, 2.75) is 13.0 Å². The lowest BCUT2D eigenvalue weighted by atomic mass is 10.4. The lowest BCUT2D eigenvalue weighted by Crippen LogP contribution is -2.43. The molecule has 0 aliphatic carbocycles. The van der Waals surface area contributed by atoms with E-state index in [1.807, 2.05) is 0 Å². The Labute approximate surface area is 95.7 Å². The van der Waals surface area contributed by atoms with Crippen LogP contribution in [0.25, 0.3) is 0 Å². The first-order chi connectivity index (χ1) is 7.47. The van der Waals surface area contributed by atoms with Crippen LogP contribution in [0.2, 0.25) is 0 Å². The second kappa shape index (κ2) is 8.05. The van der Waals surface area contributed by atoms with E-state index in [0.717, 1.165) is 0 Å². The van der Waals surface area contributed by atoms with Gasteiger partial charge < -0.3 is 20.8 Å². The second-order valence-corrected chi connectivity index (χ2v) is 4.79. The van der Waals surface area contributed by atoms with Gasteiger partial charge in [-0.15, -0.1) is 0 Å². The molecule has 0 aromatic rings. The molecule has 0 fully saturated rings. The van der Waals surface area contributed by atoms with E-state index in [1.165, 1.54) is 0 Å². The monoisotopic (exact) mass is 252 g/mol. The molecular formula is C8H16N2O5S. The molecule has 4 N–H and O–H groups in total. The molecule has 0 aromatic carbocycles. The highest BCUT2D eigenvalue weighted by atomic mass is 32.2. The number of rotatable bonds is 7. The van der Waals surface area contributed by atoms with E-state index in [-0.39, 0.29) is 13.1 Å². The predicted molar refractivity (Wildman–Crippen MR) is 58.6 cm³/mol. The van der Waals surface area contributed by atoms with Gasteiger partial charge in [0.1, 0.15) is 0 Å². The summed E-state index contributed by atoms with van der Waals surface area (Å²) in [7, 11) is -0.949. The van der Waals surface area contributed by atoms with Crippen LogP contribution in [0.1, 0.15) is 6.92 Å². The van der Waals surface area contributed by atoms with Gasteiger partial charge in [-0.05, 0) is 0 Å². The summed E-state index contributed by atoms with van der Waals surface area (Å²) in [5.41, 5.74) is 0. The molecule has 0 spiro atoms. The Morgan fingerprint density at radius 2 is 2.00 bits per heavy atom. The van der Waals surface area contributed by atoms with Gasteiger partial charge in [-0.2, -0.15) is 0 Å². The normalized spacial score (nSPS) is 13.9. The molecule has 0 aliphatic heterocycles. The van der Waals surface area contributed by atoms with Crippen molar-refractivity contribution in [3.05, 3.63) is 0 Å². The Morgan fingerprint density at radius 3 is 2.50 bits per heavy atom. The zero-order chi connectivity index (χ0) is 12.6. The Morgan fingerprint density at radius 1 is 1.38 bits per heavy atom. The number of aliphatic carboxylic acids is 1. The van der Waals surface area contributed by atoms with E-state index in [2.05, 4.69) is 10.6 Å². The molecule has 7 nitrogen and oxygen atoms in total. The standard InChI is InChI=1S/C8H16N2O5S/c1-2-16(15)4-3-9-8(14)10-5-6(11)7(12)13/h6,11H,2-5H2,1H3,(H,12,13)(H2,9,10,14). The zero-order valence-electron chi connectivity index (χ0n) is 8.93. The van der Waals surface area contributed by atoms with E-state index in [1.54, 1.807) is 6.92 Å². The lowest BCUT2D eigenvalue weighted by molar-refractivity contribution is -0.146. The van der Waals surface area contributed by atoms with Crippen molar-refractivity contribution in [3.63, 3.8) is 0 Å². The number of carboxylic acid groups (broad SMARTS) is 1. The smallest absolute Gasteiger partial charge is 0.334 e. The summed E-state index contributed by atoms with van der Waals surface area (Å²) in [5, 5.41) is 21.7. The fourth-order valence-electron chi connectivity index (χ4n) is 0.762. The summed E-state index contributed by atoms with van der Waals surface area (Å²) >= 11 is 0. The van der Waals surface area contributed by atoms with Crippen LogP contribution in [-0.2, 0) is 15.6 Å². The van der Waals surface area contributed by atoms with Crippen LogP contribution >= 0.6 is 0 Å². The Kier molecular flexibility index (Phi) is 7.48. The molecule has 16 heavy (non-hydrogen) atoms. The first-order valence-corrected chi connectivity index (χ1v) is 6.23. The van der Waals surface area contributed by atoms with E-state index < -0.39 is 28.9 Å². The quantitative estimate of drug-likeness (QED) is 0.440. The second-order valence-electron chi connectivity index (χ2n) is 2.92. The maximum atomic E-state index is 11.0. The van der Waals surface area contributed by atoms with Crippen LogP contribution in [0, 0.1) is 0 Å². The first-order valence-electron chi connectivity index (χ1n) is 4.75. The van der Waals surface area contributed by atoms with Crippen LogP contribution in [0.5, 0.6) is 0 Å². The third kappa shape index (κ3) is 7.18. The van der Waals surface area contributed by atoms with Gasteiger partial charge in [0.15, 0.2) is 6.10 Å². The third-order valence-electron chi connectivity index (χ3n) is 1.68. The molecule has 2 atom stereocenters. The van der Waals surface area contributed by atoms with E-state index in [9.17, 15) is 13.8 Å². The van der Waals surface area contributed by atoms with Gasteiger partial charge in [-0.1, -0.05) is 6.92 Å². The fraction of sp³-hybridized carbons (Fsp3) is 0.750. The number of urea groups is 1. The van der Waals surface area contributed by atoms with Gasteiger partial charge in [0.25, 0.3) is 0 Å². The molecule has 0 saturated heterocycles. The highest BCUT2D eigenvalue weighted by Gasteiger charge is 2.13. The van der Waals surface area contributed by atoms with Crippen molar-refractivity contribution < 1.29 is 24.0 Å². The molecule has 2 unspecified atom stereocenters. The maximum Gasteiger partial charge on any atom is 0.334 e. The van der Waals surface area contributed by atoms with Gasteiger partial charge >= 0.3 is 12.0 Å². The first kappa shape index (κ1) is 14.8. The maximum absolute atomic E-state index is 11.0. The highest BCUT2D eigenvalue weighted by Crippen LogP contribution is 1.81. The zero-order valence-corrected chi connectivity index (χ0v) is 9.75. The molecule has 94 valence electrons. The van der Waals surface area contributed by atoms with Gasteiger partial charge in [0.05, 0.1) is 6.54 Å². The van der Waals surface area contributed by atoms with E-state index >= 15 is 0 Å². The molecular weight excluding hydrogens is 236 g/mol. The predicted octanol–water partition coefficient (Wildman–Crippen LogP) is -1.50. The molecule has 2 amide bonds. The van der Waals surface area contributed by atoms with Gasteiger partial charge in [-0.3, -0.25) is 4.21 Å². The molecule has 0 saturated carbocycles. The van der Waals surface area contributed by atoms with Crippen molar-refractivity contribution in [3.8, 4) is 0 Å². The van der Waals surface area contributed by atoms with Crippen LogP contribution in [-0.4, -0.2) is 57.1 Å². The molecule has 0 radical (unpaired) electrons. The number of carbonyl (C=O) groups excluding carboxylic acids is 1. The fourth-order valence-corrected chi connectivity index (χ4v) is 1.38. The number of amides is 2. The molecule has 0 aliphatic rings. The van der Waals surface area contributed by atoms with Crippen LogP contribution in [0.4, 0.5) is 4.79 Å². The molecule has 0 aromatic heterocycles. The highest BCUT2D eigenvalue weighted by molar-refractivity contribution is 7.84. The number of hydrogen-bond acceptors (Lipinski definition) is 4. The van der Waals surface area contributed by atoms with Crippen molar-refractivity contribution in [1.82, 2.24) is 10.6 Å². The topological polar surface area (TPSA) is 116 Å². The molecule has 0 rings (SSSR count). The van der Waals surface area contributed by atoms with Crippen molar-refractivity contribution in [2.24, 2.45) is 0 Å². The average molecular weight is 252 g/mol. The largest absolute Gasteiger partial charge is 0.479 e. The molecule has 0 bridgehead atoms. The van der Waals surface area contributed by atoms with Crippen molar-refractivity contribution >= 4 is 22.8 Å². The molecule has 8 heteroatoms. The summed E-state index contributed by atoms with van der Waals surface area (Å²) in [6.45, 7) is 1.66.